The Bertz CT molecular complexity index is 1430. The first-order chi connectivity index (χ1) is 18.9. The molecule has 0 saturated heterocycles. The predicted octanol–water partition coefficient (Wildman–Crippen LogP) is 4.11. The van der Waals surface area contributed by atoms with E-state index in [1.54, 1.807) is 56.8 Å². The first-order valence-corrected chi connectivity index (χ1v) is 12.1. The van der Waals surface area contributed by atoms with Crippen LogP contribution in [0.3, 0.4) is 0 Å². The van der Waals surface area contributed by atoms with Crippen LogP contribution in [0.5, 0.6) is 28.9 Å². The summed E-state index contributed by atoms with van der Waals surface area (Å²) in [6.45, 7) is 0.815. The van der Waals surface area contributed by atoms with Crippen LogP contribution >= 0.6 is 0 Å². The van der Waals surface area contributed by atoms with Gasteiger partial charge in [-0.05, 0) is 24.3 Å². The zero-order valence-electron chi connectivity index (χ0n) is 22.6. The van der Waals surface area contributed by atoms with Gasteiger partial charge in [0.1, 0.15) is 30.3 Å². The molecule has 39 heavy (non-hydrogen) atoms. The standard InChI is InChI=1S/C28H31N5O6/c1-33(2)19-7-9-26(29-16-19)32-27(34)12-18-6-8-20(13-23(18)36-4)39-28-21-14-24(37-5)25(38-11-10-35-3)15-22(21)30-17-31-28/h6-9,13-17H,10-12H2,1-5H3,(H,29,32,34). The van der Waals surface area contributed by atoms with Crippen molar-refractivity contribution in [2.45, 2.75) is 6.42 Å². The van der Waals surface area contributed by atoms with E-state index in [0.717, 1.165) is 5.69 Å². The fraction of sp³-hybridized carbons (Fsp3) is 0.286. The summed E-state index contributed by atoms with van der Waals surface area (Å²) in [6.07, 6.45) is 3.21. The van der Waals surface area contributed by atoms with E-state index in [1.165, 1.54) is 13.4 Å². The van der Waals surface area contributed by atoms with Crippen LogP contribution in [-0.2, 0) is 16.0 Å². The average Bonchev–Trinajstić information content (AvgIpc) is 2.94. The van der Waals surface area contributed by atoms with Crippen molar-refractivity contribution in [1.82, 2.24) is 15.0 Å². The van der Waals surface area contributed by atoms with Gasteiger partial charge in [-0.1, -0.05) is 6.07 Å². The maximum absolute atomic E-state index is 12.7. The smallest absolute Gasteiger partial charge is 0.230 e. The molecular weight excluding hydrogens is 502 g/mol. The van der Waals surface area contributed by atoms with E-state index in [2.05, 4.69) is 20.3 Å². The molecule has 0 fully saturated rings. The summed E-state index contributed by atoms with van der Waals surface area (Å²) in [4.78, 5) is 27.5. The molecule has 0 spiro atoms. The molecule has 0 aliphatic rings. The van der Waals surface area contributed by atoms with Crippen molar-refractivity contribution in [3.8, 4) is 28.9 Å². The van der Waals surface area contributed by atoms with Crippen molar-refractivity contribution in [3.63, 3.8) is 0 Å². The lowest BCUT2D eigenvalue weighted by molar-refractivity contribution is -0.115. The van der Waals surface area contributed by atoms with Crippen LogP contribution < -0.4 is 29.2 Å². The minimum Gasteiger partial charge on any atom is -0.496 e. The number of carbonyl (C=O) groups excluding carboxylic acids is 1. The lowest BCUT2D eigenvalue weighted by Gasteiger charge is -2.14. The van der Waals surface area contributed by atoms with Crippen molar-refractivity contribution < 1.29 is 28.5 Å². The summed E-state index contributed by atoms with van der Waals surface area (Å²) in [5.74, 6) is 2.64. The monoisotopic (exact) mass is 533 g/mol. The molecule has 11 nitrogen and oxygen atoms in total. The Balaban J connectivity index is 1.50. The second-order valence-electron chi connectivity index (χ2n) is 8.64. The second-order valence-corrected chi connectivity index (χ2v) is 8.64. The van der Waals surface area contributed by atoms with E-state index in [0.29, 0.717) is 64.4 Å². The molecule has 1 N–H and O–H groups in total. The second kappa shape index (κ2) is 12.7. The number of hydrogen-bond acceptors (Lipinski definition) is 10. The van der Waals surface area contributed by atoms with E-state index >= 15 is 0 Å². The minimum atomic E-state index is -0.218. The molecule has 0 atom stereocenters. The summed E-state index contributed by atoms with van der Waals surface area (Å²) in [5, 5.41) is 3.45. The number of fused-ring (bicyclic) bond motifs is 1. The number of aromatic nitrogens is 3. The molecule has 0 aliphatic heterocycles. The highest BCUT2D eigenvalue weighted by molar-refractivity contribution is 5.92. The number of benzene rings is 2. The van der Waals surface area contributed by atoms with Gasteiger partial charge in [0.15, 0.2) is 11.5 Å². The van der Waals surface area contributed by atoms with Gasteiger partial charge in [-0.3, -0.25) is 4.79 Å². The van der Waals surface area contributed by atoms with Crippen LogP contribution in [0, 0.1) is 0 Å². The third-order valence-electron chi connectivity index (χ3n) is 5.79. The van der Waals surface area contributed by atoms with Crippen LogP contribution in [-0.4, -0.2) is 69.5 Å². The van der Waals surface area contributed by atoms with Gasteiger partial charge in [-0.15, -0.1) is 0 Å². The van der Waals surface area contributed by atoms with Crippen LogP contribution in [0.2, 0.25) is 0 Å². The molecule has 0 bridgehead atoms. The van der Waals surface area contributed by atoms with Gasteiger partial charge in [0.25, 0.3) is 0 Å². The van der Waals surface area contributed by atoms with Gasteiger partial charge in [0, 0.05) is 38.9 Å². The molecule has 0 aliphatic carbocycles. The fourth-order valence-electron chi connectivity index (χ4n) is 3.76. The van der Waals surface area contributed by atoms with Crippen LogP contribution in [0.15, 0.2) is 55.0 Å². The van der Waals surface area contributed by atoms with Gasteiger partial charge in [-0.2, -0.15) is 0 Å². The minimum absolute atomic E-state index is 0.0973. The Morgan fingerprint density at radius 2 is 1.72 bits per heavy atom. The Morgan fingerprint density at radius 1 is 0.897 bits per heavy atom. The number of nitrogens with one attached hydrogen (secondary N) is 1. The van der Waals surface area contributed by atoms with Gasteiger partial charge < -0.3 is 33.9 Å². The Morgan fingerprint density at radius 3 is 2.41 bits per heavy atom. The van der Waals surface area contributed by atoms with Crippen molar-refractivity contribution in [3.05, 3.63) is 60.6 Å². The highest BCUT2D eigenvalue weighted by atomic mass is 16.5. The highest BCUT2D eigenvalue weighted by Crippen LogP contribution is 2.37. The number of ether oxygens (including phenoxy) is 5. The van der Waals surface area contributed by atoms with Gasteiger partial charge in [0.05, 0.1) is 50.0 Å². The Kier molecular flexibility index (Phi) is 8.95. The molecule has 2 aromatic carbocycles. The first-order valence-electron chi connectivity index (χ1n) is 12.1. The highest BCUT2D eigenvalue weighted by Gasteiger charge is 2.15. The fourth-order valence-corrected chi connectivity index (χ4v) is 3.76. The van der Waals surface area contributed by atoms with E-state index in [1.807, 2.05) is 25.1 Å². The van der Waals surface area contributed by atoms with Crippen LogP contribution in [0.4, 0.5) is 11.5 Å². The zero-order chi connectivity index (χ0) is 27.8. The molecule has 204 valence electrons. The third kappa shape index (κ3) is 6.82. The van der Waals surface area contributed by atoms with Crippen LogP contribution in [0.25, 0.3) is 10.9 Å². The average molecular weight is 534 g/mol. The molecule has 4 rings (SSSR count). The summed E-state index contributed by atoms with van der Waals surface area (Å²) >= 11 is 0. The molecule has 2 aromatic heterocycles. The number of rotatable bonds is 12. The Labute approximate surface area is 226 Å². The quantitative estimate of drug-likeness (QED) is 0.267. The number of pyridine rings is 1. The van der Waals surface area contributed by atoms with E-state index in [-0.39, 0.29) is 12.3 Å². The molecule has 2 heterocycles. The summed E-state index contributed by atoms with van der Waals surface area (Å²) < 4.78 is 27.9. The van der Waals surface area contributed by atoms with Gasteiger partial charge in [0.2, 0.25) is 11.8 Å². The summed E-state index contributed by atoms with van der Waals surface area (Å²) in [7, 11) is 8.56. The number of carbonyl (C=O) groups is 1. The number of nitrogens with zero attached hydrogens (tertiary/aromatic N) is 4. The van der Waals surface area contributed by atoms with Gasteiger partial charge >= 0.3 is 0 Å². The largest absolute Gasteiger partial charge is 0.496 e. The van der Waals surface area contributed by atoms with Crippen molar-refractivity contribution in [1.29, 1.82) is 0 Å². The molecule has 1 amide bonds. The molecule has 11 heteroatoms. The van der Waals surface area contributed by atoms with Crippen molar-refractivity contribution in [2.75, 3.05) is 58.9 Å². The molecular formula is C28H31N5O6. The number of amides is 1. The number of hydrogen-bond donors (Lipinski definition) is 1. The van der Waals surface area contributed by atoms with Crippen LogP contribution in [0.1, 0.15) is 5.56 Å². The lowest BCUT2D eigenvalue weighted by atomic mass is 10.1. The van der Waals surface area contributed by atoms with Gasteiger partial charge in [-0.25, -0.2) is 15.0 Å². The normalized spacial score (nSPS) is 10.7. The zero-order valence-corrected chi connectivity index (χ0v) is 22.6. The lowest BCUT2D eigenvalue weighted by Crippen LogP contribution is -2.16. The van der Waals surface area contributed by atoms with E-state index < -0.39 is 0 Å². The first kappa shape index (κ1) is 27.4. The molecule has 0 unspecified atom stereocenters. The number of anilines is 2. The topological polar surface area (TPSA) is 117 Å². The molecule has 0 radical (unpaired) electrons. The van der Waals surface area contributed by atoms with E-state index in [4.69, 9.17) is 23.7 Å². The number of methoxy groups -OCH3 is 3. The maximum atomic E-state index is 12.7. The SMILES string of the molecule is COCCOc1cc2ncnc(Oc3ccc(CC(=O)Nc4ccc(N(C)C)cn4)c(OC)c3)c2cc1OC. The summed E-state index contributed by atoms with van der Waals surface area (Å²) in [5.41, 5.74) is 2.26. The van der Waals surface area contributed by atoms with Crippen molar-refractivity contribution >= 4 is 28.3 Å². The molecule has 4 aromatic rings. The van der Waals surface area contributed by atoms with Crippen molar-refractivity contribution in [2.24, 2.45) is 0 Å². The molecule has 0 saturated carbocycles. The maximum Gasteiger partial charge on any atom is 0.230 e. The third-order valence-corrected chi connectivity index (χ3v) is 5.79. The Hall–Kier alpha value is -4.64. The summed E-state index contributed by atoms with van der Waals surface area (Å²) in [6, 6.07) is 12.4. The van der Waals surface area contributed by atoms with E-state index in [9.17, 15) is 4.79 Å². The predicted molar refractivity (Wildman–Crippen MR) is 147 cm³/mol.